The molecule has 0 aromatic carbocycles. The van der Waals surface area contributed by atoms with Crippen molar-refractivity contribution in [2.24, 2.45) is 5.92 Å². The lowest BCUT2D eigenvalue weighted by Crippen LogP contribution is -2.55. The molecule has 0 bridgehead atoms. The van der Waals surface area contributed by atoms with Crippen LogP contribution >= 0.6 is 12.6 Å². The van der Waals surface area contributed by atoms with Gasteiger partial charge >= 0.3 is 0 Å². The van der Waals surface area contributed by atoms with Gasteiger partial charge in [-0.05, 0) is 31.6 Å². The Bertz CT molecular complexity index is 206. The molecule has 1 amide bonds. The minimum absolute atomic E-state index is 0.102. The van der Waals surface area contributed by atoms with Gasteiger partial charge in [-0.15, -0.1) is 0 Å². The lowest BCUT2D eigenvalue weighted by Gasteiger charge is -2.42. The van der Waals surface area contributed by atoms with Crippen molar-refractivity contribution in [3.8, 4) is 0 Å². The first kappa shape index (κ1) is 11.9. The first-order valence-corrected chi connectivity index (χ1v) is 6.02. The number of nitrogens with one attached hydrogen (secondary N) is 1. The van der Waals surface area contributed by atoms with Crippen LogP contribution in [0.2, 0.25) is 0 Å². The summed E-state index contributed by atoms with van der Waals surface area (Å²) in [6.07, 6.45) is 4.55. The molecular formula is C11H21NOS. The number of hydrogen-bond acceptors (Lipinski definition) is 2. The molecule has 1 fully saturated rings. The molecule has 14 heavy (non-hydrogen) atoms. The highest BCUT2D eigenvalue weighted by Gasteiger charge is 2.37. The second-order valence-electron chi connectivity index (χ2n) is 4.67. The SMILES string of the molecule is CCC1(NC(=O)C(S)C(C)C)CCC1. The Labute approximate surface area is 92.2 Å². The molecule has 1 unspecified atom stereocenters. The molecular weight excluding hydrogens is 194 g/mol. The van der Waals surface area contributed by atoms with E-state index in [0.29, 0.717) is 5.92 Å². The minimum atomic E-state index is -0.168. The van der Waals surface area contributed by atoms with E-state index < -0.39 is 0 Å². The van der Waals surface area contributed by atoms with Gasteiger partial charge in [0.1, 0.15) is 0 Å². The minimum Gasteiger partial charge on any atom is -0.350 e. The Morgan fingerprint density at radius 1 is 1.50 bits per heavy atom. The van der Waals surface area contributed by atoms with E-state index in [0.717, 1.165) is 19.3 Å². The van der Waals surface area contributed by atoms with Crippen LogP contribution in [0.5, 0.6) is 0 Å². The molecule has 1 aliphatic carbocycles. The van der Waals surface area contributed by atoms with Gasteiger partial charge in [-0.3, -0.25) is 4.79 Å². The van der Waals surface area contributed by atoms with E-state index in [4.69, 9.17) is 0 Å². The second kappa shape index (κ2) is 4.56. The van der Waals surface area contributed by atoms with Gasteiger partial charge < -0.3 is 5.32 Å². The zero-order valence-corrected chi connectivity index (χ0v) is 10.2. The normalized spacial score (nSPS) is 21.5. The molecule has 0 aliphatic heterocycles. The van der Waals surface area contributed by atoms with Crippen LogP contribution in [-0.2, 0) is 4.79 Å². The third-order valence-corrected chi connectivity index (χ3v) is 4.11. The van der Waals surface area contributed by atoms with Crippen LogP contribution in [0.15, 0.2) is 0 Å². The van der Waals surface area contributed by atoms with Crippen molar-refractivity contribution in [3.63, 3.8) is 0 Å². The molecule has 1 saturated carbocycles. The maximum absolute atomic E-state index is 11.8. The predicted octanol–water partition coefficient (Wildman–Crippen LogP) is 2.39. The van der Waals surface area contributed by atoms with Crippen LogP contribution in [0.25, 0.3) is 0 Å². The summed E-state index contributed by atoms with van der Waals surface area (Å²) < 4.78 is 0. The average molecular weight is 215 g/mol. The molecule has 1 aliphatic rings. The zero-order valence-electron chi connectivity index (χ0n) is 9.34. The fraction of sp³-hybridized carbons (Fsp3) is 0.909. The number of rotatable bonds is 4. The average Bonchev–Trinajstić information content (AvgIpc) is 2.09. The highest BCUT2D eigenvalue weighted by atomic mass is 32.1. The van der Waals surface area contributed by atoms with Crippen LogP contribution in [0, 0.1) is 5.92 Å². The highest BCUT2D eigenvalue weighted by molar-refractivity contribution is 7.81. The molecule has 2 nitrogen and oxygen atoms in total. The quantitative estimate of drug-likeness (QED) is 0.693. The van der Waals surface area contributed by atoms with Crippen LogP contribution in [-0.4, -0.2) is 16.7 Å². The van der Waals surface area contributed by atoms with Crippen molar-refractivity contribution in [2.45, 2.75) is 57.2 Å². The van der Waals surface area contributed by atoms with Gasteiger partial charge in [0.15, 0.2) is 0 Å². The van der Waals surface area contributed by atoms with Crippen LogP contribution in [0.4, 0.5) is 0 Å². The molecule has 1 atom stereocenters. The van der Waals surface area contributed by atoms with Crippen molar-refractivity contribution in [3.05, 3.63) is 0 Å². The number of carbonyl (C=O) groups is 1. The van der Waals surface area contributed by atoms with Crippen LogP contribution < -0.4 is 5.32 Å². The van der Waals surface area contributed by atoms with E-state index in [1.54, 1.807) is 0 Å². The fourth-order valence-electron chi connectivity index (χ4n) is 1.81. The summed E-state index contributed by atoms with van der Waals surface area (Å²) in [6.45, 7) is 6.19. The number of carbonyl (C=O) groups excluding carboxylic acids is 1. The maximum Gasteiger partial charge on any atom is 0.233 e. The van der Waals surface area contributed by atoms with Gasteiger partial charge in [-0.1, -0.05) is 20.8 Å². The Kier molecular flexibility index (Phi) is 3.87. The van der Waals surface area contributed by atoms with Crippen molar-refractivity contribution >= 4 is 18.5 Å². The van der Waals surface area contributed by atoms with Crippen LogP contribution in [0.1, 0.15) is 46.5 Å². The summed E-state index contributed by atoms with van der Waals surface area (Å²) in [4.78, 5) is 11.8. The fourth-order valence-corrected chi connectivity index (χ4v) is 1.87. The standard InChI is InChI=1S/C11H21NOS/c1-4-11(6-5-7-11)12-10(13)9(14)8(2)3/h8-9,14H,4-7H2,1-3H3,(H,12,13). The number of thiol groups is 1. The highest BCUT2D eigenvalue weighted by Crippen LogP contribution is 2.34. The molecule has 1 rings (SSSR count). The molecule has 0 saturated heterocycles. The van der Waals surface area contributed by atoms with Gasteiger partial charge in [0.2, 0.25) is 5.91 Å². The summed E-state index contributed by atoms with van der Waals surface area (Å²) in [6, 6.07) is 0. The second-order valence-corrected chi connectivity index (χ2v) is 5.22. The largest absolute Gasteiger partial charge is 0.350 e. The van der Waals surface area contributed by atoms with E-state index in [-0.39, 0.29) is 16.7 Å². The Hall–Kier alpha value is -0.180. The summed E-state index contributed by atoms with van der Waals surface area (Å²) in [5.74, 6) is 0.400. The molecule has 0 heterocycles. The number of amides is 1. The summed E-state index contributed by atoms with van der Waals surface area (Å²) >= 11 is 4.32. The molecule has 3 heteroatoms. The maximum atomic E-state index is 11.8. The summed E-state index contributed by atoms with van der Waals surface area (Å²) in [7, 11) is 0. The zero-order chi connectivity index (χ0) is 10.8. The molecule has 0 radical (unpaired) electrons. The van der Waals surface area contributed by atoms with Gasteiger partial charge in [-0.2, -0.15) is 12.6 Å². The van der Waals surface area contributed by atoms with E-state index in [2.05, 4.69) is 24.9 Å². The lowest BCUT2D eigenvalue weighted by atomic mass is 9.74. The molecule has 82 valence electrons. The summed E-state index contributed by atoms with van der Waals surface area (Å²) in [5, 5.41) is 2.98. The number of hydrogen-bond donors (Lipinski definition) is 2. The van der Waals surface area contributed by atoms with Gasteiger partial charge in [0.25, 0.3) is 0 Å². The molecule has 1 N–H and O–H groups in total. The monoisotopic (exact) mass is 215 g/mol. The van der Waals surface area contributed by atoms with Gasteiger partial charge in [0.05, 0.1) is 5.25 Å². The molecule has 0 spiro atoms. The molecule has 0 aromatic rings. The Morgan fingerprint density at radius 2 is 2.07 bits per heavy atom. The third-order valence-electron chi connectivity index (χ3n) is 3.28. The van der Waals surface area contributed by atoms with E-state index in [1.807, 2.05) is 13.8 Å². The Morgan fingerprint density at radius 3 is 2.36 bits per heavy atom. The van der Waals surface area contributed by atoms with E-state index >= 15 is 0 Å². The smallest absolute Gasteiger partial charge is 0.233 e. The first-order chi connectivity index (χ1) is 6.51. The lowest BCUT2D eigenvalue weighted by molar-refractivity contribution is -0.124. The van der Waals surface area contributed by atoms with Crippen molar-refractivity contribution in [1.82, 2.24) is 5.32 Å². The predicted molar refractivity (Wildman–Crippen MR) is 62.6 cm³/mol. The van der Waals surface area contributed by atoms with Crippen molar-refractivity contribution in [2.75, 3.05) is 0 Å². The third kappa shape index (κ3) is 2.44. The topological polar surface area (TPSA) is 29.1 Å². The first-order valence-electron chi connectivity index (χ1n) is 5.51. The van der Waals surface area contributed by atoms with Crippen molar-refractivity contribution in [1.29, 1.82) is 0 Å². The summed E-state index contributed by atoms with van der Waals surface area (Å²) in [5.41, 5.74) is 0.104. The van der Waals surface area contributed by atoms with Gasteiger partial charge in [0, 0.05) is 5.54 Å². The Balaban J connectivity index is 2.47. The van der Waals surface area contributed by atoms with Gasteiger partial charge in [-0.25, -0.2) is 0 Å². The van der Waals surface area contributed by atoms with Crippen LogP contribution in [0.3, 0.4) is 0 Å². The van der Waals surface area contributed by atoms with Crippen molar-refractivity contribution < 1.29 is 4.79 Å². The van der Waals surface area contributed by atoms with E-state index in [9.17, 15) is 4.79 Å². The molecule has 0 aromatic heterocycles. The van der Waals surface area contributed by atoms with E-state index in [1.165, 1.54) is 6.42 Å².